The zero-order valence-corrected chi connectivity index (χ0v) is 19.5. The van der Waals surface area contributed by atoms with E-state index in [9.17, 15) is 14.4 Å². The number of esters is 2. The molecule has 4 aliphatic carbocycles. The summed E-state index contributed by atoms with van der Waals surface area (Å²) in [7, 11) is 0. The Balaban J connectivity index is 0.000000240. The minimum absolute atomic E-state index is 0.243. The summed E-state index contributed by atoms with van der Waals surface area (Å²) < 4.78 is 9.59. The first-order valence-corrected chi connectivity index (χ1v) is 11.5. The molecule has 0 aromatic heterocycles. The average Bonchev–Trinajstić information content (AvgIpc) is 2.61. The van der Waals surface area contributed by atoms with Crippen LogP contribution in [0.25, 0.3) is 0 Å². The number of hydrogen-bond donors (Lipinski definition) is 3. The molecule has 1 unspecified atom stereocenters. The standard InChI is InChI=1S/C12H20O6S.C10H17N/c1-7(6-19)10(15)18-8(9(13)14)5-17-11(16)12(2,3)4;11-10-4-7-1-8(5-10)3-9(2-7)6-10/h7-8,19H,5-6H2,1-4H3,(H,13,14);7-9H,1-6,11H2/t7-,8?;/m1./s1. The van der Waals surface area contributed by atoms with Crippen molar-refractivity contribution in [2.45, 2.75) is 77.9 Å². The van der Waals surface area contributed by atoms with Crippen molar-refractivity contribution < 1.29 is 29.0 Å². The number of carbonyl (C=O) groups is 3. The minimum Gasteiger partial charge on any atom is -0.478 e. The molecule has 0 saturated heterocycles. The van der Waals surface area contributed by atoms with Crippen LogP contribution in [0.3, 0.4) is 0 Å². The fraction of sp³-hybridized carbons (Fsp3) is 0.864. The van der Waals surface area contributed by atoms with Crippen LogP contribution in [0.4, 0.5) is 0 Å². The number of carboxylic acids is 1. The Labute approximate surface area is 184 Å². The zero-order valence-electron chi connectivity index (χ0n) is 18.6. The molecule has 0 radical (unpaired) electrons. The first-order chi connectivity index (χ1) is 13.8. The van der Waals surface area contributed by atoms with Gasteiger partial charge in [0.1, 0.15) is 6.61 Å². The lowest BCUT2D eigenvalue weighted by molar-refractivity contribution is -0.175. The molecule has 0 amide bonds. The van der Waals surface area contributed by atoms with Gasteiger partial charge >= 0.3 is 17.9 Å². The lowest BCUT2D eigenvalue weighted by Gasteiger charge is -2.55. The molecule has 4 saturated carbocycles. The summed E-state index contributed by atoms with van der Waals surface area (Å²) in [4.78, 5) is 33.9. The van der Waals surface area contributed by atoms with E-state index in [0.29, 0.717) is 5.54 Å². The molecule has 8 heteroatoms. The summed E-state index contributed by atoms with van der Waals surface area (Å²) in [5.74, 6) is 0.173. The zero-order chi connectivity index (χ0) is 22.7. The van der Waals surface area contributed by atoms with E-state index in [0.717, 1.165) is 17.8 Å². The van der Waals surface area contributed by atoms with E-state index in [-0.39, 0.29) is 5.75 Å². The normalized spacial score (nSPS) is 31.2. The topological polar surface area (TPSA) is 116 Å². The SMILES string of the molecule is C[C@H](CS)C(=O)OC(COC(=O)C(C)(C)C)C(=O)O.NC12CC3CC(CC(C3)C1)C2. The highest BCUT2D eigenvalue weighted by atomic mass is 32.1. The quantitative estimate of drug-likeness (QED) is 0.427. The first-order valence-electron chi connectivity index (χ1n) is 10.8. The number of carboxylic acid groups (broad SMARTS) is 1. The van der Waals surface area contributed by atoms with Crippen LogP contribution in [0, 0.1) is 29.1 Å². The summed E-state index contributed by atoms with van der Waals surface area (Å²) in [5.41, 5.74) is 5.88. The van der Waals surface area contributed by atoms with Gasteiger partial charge in [0.15, 0.2) is 0 Å². The highest BCUT2D eigenvalue weighted by molar-refractivity contribution is 7.80. The van der Waals surface area contributed by atoms with Gasteiger partial charge in [-0.15, -0.1) is 0 Å². The largest absolute Gasteiger partial charge is 0.478 e. The van der Waals surface area contributed by atoms with Crippen LogP contribution in [-0.4, -0.2) is 47.0 Å². The van der Waals surface area contributed by atoms with Gasteiger partial charge in [-0.05, 0) is 77.0 Å². The molecule has 3 N–H and O–H groups in total. The lowest BCUT2D eigenvalue weighted by atomic mass is 9.53. The minimum atomic E-state index is -1.50. The second-order valence-electron chi connectivity index (χ2n) is 10.5. The summed E-state index contributed by atoms with van der Waals surface area (Å²) in [6.07, 6.45) is 7.07. The maximum Gasteiger partial charge on any atom is 0.348 e. The average molecular weight is 444 g/mol. The van der Waals surface area contributed by atoms with Crippen molar-refractivity contribution >= 4 is 30.5 Å². The molecule has 0 aromatic rings. The van der Waals surface area contributed by atoms with E-state index < -0.39 is 42.0 Å². The highest BCUT2D eigenvalue weighted by Gasteiger charge is 2.48. The molecular weight excluding hydrogens is 406 g/mol. The van der Waals surface area contributed by atoms with Gasteiger partial charge in [-0.3, -0.25) is 9.59 Å². The molecule has 2 atom stereocenters. The van der Waals surface area contributed by atoms with E-state index in [1.165, 1.54) is 38.5 Å². The highest BCUT2D eigenvalue weighted by Crippen LogP contribution is 2.54. The molecule has 4 rings (SSSR count). The van der Waals surface area contributed by atoms with Gasteiger partial charge in [0.25, 0.3) is 0 Å². The molecule has 0 aromatic carbocycles. The van der Waals surface area contributed by atoms with Crippen molar-refractivity contribution in [3.05, 3.63) is 0 Å². The van der Waals surface area contributed by atoms with E-state index >= 15 is 0 Å². The molecule has 0 spiro atoms. The Morgan fingerprint density at radius 3 is 1.90 bits per heavy atom. The number of nitrogens with two attached hydrogens (primary N) is 1. The molecule has 4 bridgehead atoms. The van der Waals surface area contributed by atoms with E-state index in [2.05, 4.69) is 12.6 Å². The van der Waals surface area contributed by atoms with E-state index in [1.807, 2.05) is 0 Å². The first kappa shape index (κ1) is 25.0. The van der Waals surface area contributed by atoms with Gasteiger partial charge in [0, 0.05) is 11.3 Å². The summed E-state index contributed by atoms with van der Waals surface area (Å²) in [6, 6.07) is 0. The van der Waals surface area contributed by atoms with Crippen LogP contribution in [0.15, 0.2) is 0 Å². The smallest absolute Gasteiger partial charge is 0.348 e. The fourth-order valence-electron chi connectivity index (χ4n) is 5.03. The summed E-state index contributed by atoms with van der Waals surface area (Å²) in [6.45, 7) is 5.98. The number of aliphatic carboxylic acids is 1. The summed E-state index contributed by atoms with van der Waals surface area (Å²) >= 11 is 3.92. The van der Waals surface area contributed by atoms with Crippen molar-refractivity contribution in [2.24, 2.45) is 34.8 Å². The van der Waals surface area contributed by atoms with Crippen molar-refractivity contribution in [2.75, 3.05) is 12.4 Å². The van der Waals surface area contributed by atoms with Crippen LogP contribution in [0.1, 0.15) is 66.2 Å². The van der Waals surface area contributed by atoms with Crippen LogP contribution < -0.4 is 5.73 Å². The third-order valence-corrected chi connectivity index (χ3v) is 6.82. The van der Waals surface area contributed by atoms with Gasteiger partial charge in [0.2, 0.25) is 6.10 Å². The molecule has 0 heterocycles. The van der Waals surface area contributed by atoms with Crippen molar-refractivity contribution in [1.82, 2.24) is 0 Å². The Morgan fingerprint density at radius 2 is 1.57 bits per heavy atom. The van der Waals surface area contributed by atoms with Gasteiger partial charge in [-0.2, -0.15) is 12.6 Å². The Kier molecular flexibility index (Phi) is 8.24. The fourth-order valence-corrected chi connectivity index (χ4v) is 5.18. The van der Waals surface area contributed by atoms with Crippen LogP contribution in [0.2, 0.25) is 0 Å². The van der Waals surface area contributed by atoms with Gasteiger partial charge in [-0.1, -0.05) is 6.92 Å². The van der Waals surface area contributed by atoms with E-state index in [4.69, 9.17) is 20.3 Å². The second-order valence-corrected chi connectivity index (χ2v) is 10.8. The molecule has 4 fully saturated rings. The second kappa shape index (κ2) is 9.90. The van der Waals surface area contributed by atoms with Gasteiger partial charge < -0.3 is 20.3 Å². The van der Waals surface area contributed by atoms with Crippen LogP contribution in [-0.2, 0) is 23.9 Å². The monoisotopic (exact) mass is 443 g/mol. The predicted molar refractivity (Wildman–Crippen MR) is 116 cm³/mol. The number of thiol groups is 1. The van der Waals surface area contributed by atoms with Crippen molar-refractivity contribution in [1.29, 1.82) is 0 Å². The maximum atomic E-state index is 11.5. The van der Waals surface area contributed by atoms with E-state index in [1.54, 1.807) is 27.7 Å². The van der Waals surface area contributed by atoms with Crippen LogP contribution >= 0.6 is 12.6 Å². The Morgan fingerprint density at radius 1 is 1.10 bits per heavy atom. The third kappa shape index (κ3) is 6.87. The number of carbonyl (C=O) groups excluding carboxylic acids is 2. The number of rotatable bonds is 6. The molecule has 172 valence electrons. The van der Waals surface area contributed by atoms with Crippen molar-refractivity contribution in [3.63, 3.8) is 0 Å². The van der Waals surface area contributed by atoms with Crippen LogP contribution in [0.5, 0.6) is 0 Å². The maximum absolute atomic E-state index is 11.5. The molecular formula is C22H37NO6S. The Hall–Kier alpha value is -1.28. The molecule has 0 aliphatic heterocycles. The third-order valence-electron chi connectivity index (χ3n) is 6.27. The number of hydrogen-bond acceptors (Lipinski definition) is 7. The molecule has 30 heavy (non-hydrogen) atoms. The molecule has 7 nitrogen and oxygen atoms in total. The van der Waals surface area contributed by atoms with Gasteiger partial charge in [-0.25, -0.2) is 4.79 Å². The lowest BCUT2D eigenvalue weighted by Crippen LogP contribution is -2.55. The number of ether oxygens (including phenoxy) is 2. The Bertz CT molecular complexity index is 609. The summed E-state index contributed by atoms with van der Waals surface area (Å²) in [5, 5.41) is 8.90. The molecule has 4 aliphatic rings. The van der Waals surface area contributed by atoms with Crippen molar-refractivity contribution in [3.8, 4) is 0 Å². The van der Waals surface area contributed by atoms with Gasteiger partial charge in [0.05, 0.1) is 11.3 Å². The predicted octanol–water partition coefficient (Wildman–Crippen LogP) is 3.05.